The van der Waals surface area contributed by atoms with E-state index in [1.807, 2.05) is 30.3 Å². The van der Waals surface area contributed by atoms with Gasteiger partial charge in [-0.1, -0.05) is 67.0 Å². The van der Waals surface area contributed by atoms with Gasteiger partial charge in [0.25, 0.3) is 14.1 Å². The van der Waals surface area contributed by atoms with Gasteiger partial charge in [0.2, 0.25) is 0 Å². The smallest absolute Gasteiger partial charge is 0.261 e. The van der Waals surface area contributed by atoms with E-state index < -0.39 is 0 Å². The highest BCUT2D eigenvalue weighted by Gasteiger charge is 2.05. The first-order valence-corrected chi connectivity index (χ1v) is 8.47. The number of halogens is 1. The van der Waals surface area contributed by atoms with Gasteiger partial charge in [0.1, 0.15) is 0 Å². The van der Waals surface area contributed by atoms with Crippen molar-refractivity contribution in [2.45, 2.75) is 43.2 Å². The van der Waals surface area contributed by atoms with Crippen LogP contribution in [0.3, 0.4) is 0 Å². The summed E-state index contributed by atoms with van der Waals surface area (Å²) >= 11 is -0.171. The van der Waals surface area contributed by atoms with Crippen molar-refractivity contribution in [1.29, 1.82) is 0 Å². The van der Waals surface area contributed by atoms with Gasteiger partial charge < -0.3 is 5.73 Å². The van der Waals surface area contributed by atoms with Gasteiger partial charge in [-0.2, -0.15) is 0 Å². The minimum Gasteiger partial charge on any atom is -0.326 e. The molecule has 1 aromatic rings. The molecule has 92 valence electrons. The quantitative estimate of drug-likeness (QED) is 0.808. The van der Waals surface area contributed by atoms with Crippen molar-refractivity contribution in [2.75, 3.05) is 0 Å². The molecule has 1 aromatic carbocycles. The molecule has 0 aromatic heterocycles. The Hall–Kier alpha value is 0.00247. The zero-order chi connectivity index (χ0) is 11.5. The SMILES string of the molecule is C[CH2][Al]([CH2]C)[CH2]C.Cl.NCc1ccccc1. The average Bonchev–Trinajstić information content (AvgIpc) is 2.33. The normalized spacial score (nSPS) is 8.50. The van der Waals surface area contributed by atoms with Crippen LogP contribution in [0.5, 0.6) is 0 Å². The maximum absolute atomic E-state index is 5.35. The third kappa shape index (κ3) is 9.24. The number of benzene rings is 1. The molecule has 3 heteroatoms. The van der Waals surface area contributed by atoms with Crippen molar-refractivity contribution >= 4 is 26.6 Å². The van der Waals surface area contributed by atoms with Crippen LogP contribution in [0.25, 0.3) is 0 Å². The summed E-state index contributed by atoms with van der Waals surface area (Å²) in [6.07, 6.45) is 0. The Labute approximate surface area is 111 Å². The van der Waals surface area contributed by atoms with Crippen molar-refractivity contribution < 1.29 is 0 Å². The zero-order valence-corrected chi connectivity index (χ0v) is 12.7. The van der Waals surface area contributed by atoms with E-state index in [0.29, 0.717) is 6.54 Å². The van der Waals surface area contributed by atoms with Crippen LogP contribution in [0.15, 0.2) is 30.3 Å². The molecule has 1 rings (SSSR count). The number of hydrogen-bond donors (Lipinski definition) is 1. The Kier molecular flexibility index (Phi) is 15.0. The first-order valence-electron chi connectivity index (χ1n) is 6.02. The lowest BCUT2D eigenvalue weighted by molar-refractivity contribution is 1.07. The maximum atomic E-state index is 5.35. The molecule has 0 bridgehead atoms. The fourth-order valence-electron chi connectivity index (χ4n) is 1.48. The van der Waals surface area contributed by atoms with E-state index in [-0.39, 0.29) is 26.6 Å². The van der Waals surface area contributed by atoms with Crippen LogP contribution in [-0.4, -0.2) is 14.1 Å². The van der Waals surface area contributed by atoms with Gasteiger partial charge in [0, 0.05) is 6.54 Å². The van der Waals surface area contributed by atoms with E-state index in [0.717, 1.165) is 0 Å². The Bertz CT molecular complexity index is 219. The maximum Gasteiger partial charge on any atom is 0.261 e. The lowest BCUT2D eigenvalue weighted by atomic mass is 10.2. The van der Waals surface area contributed by atoms with Crippen LogP contribution in [0, 0.1) is 0 Å². The number of rotatable bonds is 4. The zero-order valence-electron chi connectivity index (χ0n) is 10.8. The molecule has 16 heavy (non-hydrogen) atoms. The van der Waals surface area contributed by atoms with Crippen molar-refractivity contribution in [2.24, 2.45) is 5.73 Å². The summed E-state index contributed by atoms with van der Waals surface area (Å²) in [4.78, 5) is 0. The summed E-state index contributed by atoms with van der Waals surface area (Å²) in [5.74, 6) is 0. The van der Waals surface area contributed by atoms with E-state index in [1.54, 1.807) is 0 Å². The standard InChI is InChI=1S/C7H9N.3C2H5.Al.ClH/c8-6-7-4-2-1-3-5-7;3*1-2;;/h1-5H,6,8H2;3*1H2,2H3;;1H. The largest absolute Gasteiger partial charge is 0.326 e. The van der Waals surface area contributed by atoms with Crippen LogP contribution < -0.4 is 5.73 Å². The molecule has 0 spiro atoms. The minimum atomic E-state index is -0.171. The van der Waals surface area contributed by atoms with Gasteiger partial charge in [-0.15, -0.1) is 12.4 Å². The second-order valence-corrected chi connectivity index (χ2v) is 7.96. The molecule has 0 saturated heterocycles. The molecule has 0 aliphatic rings. The predicted octanol–water partition coefficient (Wildman–Crippen LogP) is 4.11. The first kappa shape index (κ1) is 18.4. The highest BCUT2D eigenvalue weighted by molar-refractivity contribution is 6.58. The molecule has 1 nitrogen and oxygen atoms in total. The van der Waals surface area contributed by atoms with Crippen molar-refractivity contribution in [1.82, 2.24) is 0 Å². The fraction of sp³-hybridized carbons (Fsp3) is 0.538. The summed E-state index contributed by atoms with van der Waals surface area (Å²) in [6.45, 7) is 7.61. The summed E-state index contributed by atoms with van der Waals surface area (Å²) < 4.78 is 0. The van der Waals surface area contributed by atoms with Crippen molar-refractivity contribution in [3.63, 3.8) is 0 Å². The van der Waals surface area contributed by atoms with E-state index in [9.17, 15) is 0 Å². The monoisotopic (exact) mass is 257 g/mol. The molecule has 0 amide bonds. The molecule has 0 aliphatic heterocycles. The second kappa shape index (κ2) is 13.1. The highest BCUT2D eigenvalue weighted by atomic mass is 35.5. The average molecular weight is 258 g/mol. The predicted molar refractivity (Wildman–Crippen MR) is 78.8 cm³/mol. The Morgan fingerprint density at radius 2 is 1.38 bits per heavy atom. The highest BCUT2D eigenvalue weighted by Crippen LogP contribution is 2.01. The summed E-state index contributed by atoms with van der Waals surface area (Å²) in [7, 11) is 0. The van der Waals surface area contributed by atoms with Crippen molar-refractivity contribution in [3.8, 4) is 0 Å². The van der Waals surface area contributed by atoms with Crippen LogP contribution in [0.2, 0.25) is 15.8 Å². The van der Waals surface area contributed by atoms with Crippen LogP contribution in [0.1, 0.15) is 26.3 Å². The molecule has 0 saturated carbocycles. The van der Waals surface area contributed by atoms with Gasteiger partial charge in [0.15, 0.2) is 0 Å². The van der Waals surface area contributed by atoms with Gasteiger partial charge in [-0.05, 0) is 5.56 Å². The lowest BCUT2D eigenvalue weighted by Gasteiger charge is -1.97. The summed E-state index contributed by atoms with van der Waals surface area (Å²) in [6, 6.07) is 9.99. The molecule has 0 radical (unpaired) electrons. The molecular formula is C13H25AlClN. The number of nitrogens with two attached hydrogens (primary N) is 1. The van der Waals surface area contributed by atoms with Gasteiger partial charge in [-0.25, -0.2) is 0 Å². The second-order valence-electron chi connectivity index (χ2n) is 3.78. The first-order chi connectivity index (χ1) is 7.28. The fourth-order valence-corrected chi connectivity index (χ4v) is 3.21. The summed E-state index contributed by atoms with van der Waals surface area (Å²) in [5.41, 5.74) is 6.54. The third-order valence-electron chi connectivity index (χ3n) is 2.81. The molecule has 0 atom stereocenters. The van der Waals surface area contributed by atoms with Gasteiger partial charge in [0.05, 0.1) is 0 Å². The molecule has 0 aliphatic carbocycles. The Morgan fingerprint density at radius 3 is 1.56 bits per heavy atom. The number of hydrogen-bond acceptors (Lipinski definition) is 1. The Morgan fingerprint density at radius 1 is 0.938 bits per heavy atom. The molecule has 2 N–H and O–H groups in total. The summed E-state index contributed by atoms with van der Waals surface area (Å²) in [5, 5.41) is 4.48. The van der Waals surface area contributed by atoms with Crippen LogP contribution in [0.4, 0.5) is 0 Å². The molecule has 0 heterocycles. The van der Waals surface area contributed by atoms with E-state index in [4.69, 9.17) is 5.73 Å². The minimum absolute atomic E-state index is 0. The van der Waals surface area contributed by atoms with Crippen molar-refractivity contribution in [3.05, 3.63) is 35.9 Å². The van der Waals surface area contributed by atoms with Gasteiger partial charge >= 0.3 is 0 Å². The molecule has 0 fully saturated rings. The molecular weight excluding hydrogens is 233 g/mol. The van der Waals surface area contributed by atoms with E-state index in [1.165, 1.54) is 21.4 Å². The third-order valence-corrected chi connectivity index (χ3v) is 6.27. The molecule has 0 unspecified atom stereocenters. The van der Waals surface area contributed by atoms with Crippen LogP contribution in [-0.2, 0) is 6.54 Å². The Balaban J connectivity index is 0. The lowest BCUT2D eigenvalue weighted by Crippen LogP contribution is -2.04. The van der Waals surface area contributed by atoms with Gasteiger partial charge in [-0.3, -0.25) is 0 Å². The van der Waals surface area contributed by atoms with E-state index in [2.05, 4.69) is 20.8 Å². The van der Waals surface area contributed by atoms with Crippen LogP contribution >= 0.6 is 12.4 Å². The topological polar surface area (TPSA) is 26.0 Å². The van der Waals surface area contributed by atoms with E-state index >= 15 is 0 Å².